The van der Waals surface area contributed by atoms with Crippen molar-refractivity contribution < 1.29 is 18.7 Å². The van der Waals surface area contributed by atoms with Gasteiger partial charge in [0.25, 0.3) is 5.91 Å². The van der Waals surface area contributed by atoms with Gasteiger partial charge in [-0.3, -0.25) is 9.59 Å². The number of halogens is 3. The lowest BCUT2D eigenvalue weighted by Gasteiger charge is -2.18. The molecule has 1 heterocycles. The summed E-state index contributed by atoms with van der Waals surface area (Å²) in [7, 11) is 1.82. The van der Waals surface area contributed by atoms with Crippen molar-refractivity contribution >= 4 is 56.1 Å². The molecule has 3 aromatic carbocycles. The number of benzene rings is 3. The van der Waals surface area contributed by atoms with Crippen molar-refractivity contribution in [1.82, 2.24) is 14.9 Å². The van der Waals surface area contributed by atoms with E-state index in [0.717, 1.165) is 9.99 Å². The molecule has 0 saturated carbocycles. The van der Waals surface area contributed by atoms with Gasteiger partial charge in [0.15, 0.2) is 0 Å². The summed E-state index contributed by atoms with van der Waals surface area (Å²) in [4.78, 5) is 30.2. The number of amides is 2. The fourth-order valence-electron chi connectivity index (χ4n) is 4.15. The number of carbonyl (C=O) groups is 2. The van der Waals surface area contributed by atoms with Gasteiger partial charge in [-0.2, -0.15) is 0 Å². The second kappa shape index (κ2) is 12.0. The number of ether oxygens (including phenoxy) is 1. The van der Waals surface area contributed by atoms with Crippen molar-refractivity contribution in [3.8, 4) is 5.75 Å². The second-order valence-corrected chi connectivity index (χ2v) is 11.7. The van der Waals surface area contributed by atoms with E-state index in [2.05, 4.69) is 26.6 Å². The smallest absolute Gasteiger partial charge is 0.259 e. The number of anilines is 1. The molecule has 4 rings (SSSR count). The Kier molecular flexibility index (Phi) is 8.85. The number of aryl methyl sites for hydroxylation is 1. The van der Waals surface area contributed by atoms with E-state index in [9.17, 15) is 9.59 Å². The van der Waals surface area contributed by atoms with Gasteiger partial charge in [0.1, 0.15) is 17.4 Å². The molecule has 10 heteroatoms. The molecule has 0 spiro atoms. The van der Waals surface area contributed by atoms with E-state index in [4.69, 9.17) is 21.3 Å². The number of rotatable bonds is 8. The molecule has 0 unspecified atom stereocenters. The number of nitrogens with zero attached hydrogens (tertiary/aromatic N) is 2. The van der Waals surface area contributed by atoms with E-state index in [0.29, 0.717) is 40.5 Å². The topological polar surface area (TPSA) is 85.2 Å². The van der Waals surface area contributed by atoms with Gasteiger partial charge in [-0.15, -0.1) is 0 Å². The zero-order chi connectivity index (χ0) is 29.2. The Bertz CT molecular complexity index is 1580. The van der Waals surface area contributed by atoms with Crippen LogP contribution in [0, 0.1) is 11.2 Å². The van der Waals surface area contributed by atoms with Crippen LogP contribution in [0.1, 0.15) is 55.0 Å². The second-order valence-electron chi connectivity index (χ2n) is 10.4. The summed E-state index contributed by atoms with van der Waals surface area (Å²) < 4.78 is 24.1. The van der Waals surface area contributed by atoms with Gasteiger partial charge in [-0.25, -0.2) is 9.37 Å². The van der Waals surface area contributed by atoms with E-state index in [1.165, 1.54) is 0 Å². The highest BCUT2D eigenvalue weighted by molar-refractivity contribution is 9.10. The Balaban J connectivity index is 1.66. The van der Waals surface area contributed by atoms with Gasteiger partial charge in [-0.1, -0.05) is 54.4 Å². The number of hydrogen-bond acceptors (Lipinski definition) is 4. The van der Waals surface area contributed by atoms with Gasteiger partial charge in [0, 0.05) is 57.8 Å². The molecule has 0 saturated heterocycles. The first-order valence-corrected chi connectivity index (χ1v) is 14.0. The van der Waals surface area contributed by atoms with Crippen molar-refractivity contribution in [3.63, 3.8) is 0 Å². The molecule has 210 valence electrons. The molecule has 2 N–H and O–H groups in total. The Labute approximate surface area is 246 Å². The maximum absolute atomic E-state index is 15.6. The predicted octanol–water partition coefficient (Wildman–Crippen LogP) is 7.03. The highest BCUT2D eigenvalue weighted by atomic mass is 79.9. The van der Waals surface area contributed by atoms with E-state index < -0.39 is 11.2 Å². The molecule has 4 aromatic rings. The van der Waals surface area contributed by atoms with Gasteiger partial charge in [-0.05, 0) is 43.3 Å². The standard InChI is InChI=1S/C30H31BrClFN4O3/c1-6-40-25-15-24-23(13-21(25)28(38)35-19-10-8-18(31)9-11-19)36-26(37(24)5)14-20-22(32)12-7-17(27(20)33)16-34-29(39)30(2,3)4/h7-13,15H,6,14,16H2,1-5H3,(H,34,39)(H,35,38). The largest absolute Gasteiger partial charge is 0.493 e. The van der Waals surface area contributed by atoms with E-state index >= 15 is 4.39 Å². The molecule has 0 radical (unpaired) electrons. The van der Waals surface area contributed by atoms with E-state index in [1.807, 2.05) is 30.7 Å². The van der Waals surface area contributed by atoms with Gasteiger partial charge >= 0.3 is 0 Å². The van der Waals surface area contributed by atoms with Crippen LogP contribution >= 0.6 is 27.5 Å². The Morgan fingerprint density at radius 3 is 2.48 bits per heavy atom. The van der Waals surface area contributed by atoms with Crippen LogP contribution in [0.25, 0.3) is 11.0 Å². The maximum atomic E-state index is 15.6. The maximum Gasteiger partial charge on any atom is 0.259 e. The van der Waals surface area contributed by atoms with Crippen molar-refractivity contribution in [1.29, 1.82) is 0 Å². The molecule has 0 aliphatic carbocycles. The Morgan fingerprint density at radius 1 is 1.12 bits per heavy atom. The minimum absolute atomic E-state index is 0.0448. The fourth-order valence-corrected chi connectivity index (χ4v) is 4.63. The lowest BCUT2D eigenvalue weighted by atomic mass is 9.95. The first kappa shape index (κ1) is 29.6. The van der Waals surface area contributed by atoms with Crippen molar-refractivity contribution in [3.05, 3.63) is 86.4 Å². The van der Waals surface area contributed by atoms with Crippen molar-refractivity contribution in [2.75, 3.05) is 11.9 Å². The lowest BCUT2D eigenvalue weighted by Crippen LogP contribution is -2.34. The molecule has 0 aliphatic rings. The average Bonchev–Trinajstić information content (AvgIpc) is 3.20. The summed E-state index contributed by atoms with van der Waals surface area (Å²) in [6.45, 7) is 7.65. The molecule has 0 atom stereocenters. The van der Waals surface area contributed by atoms with Gasteiger partial charge in [0.05, 0.1) is 23.2 Å². The number of nitrogens with one attached hydrogen (secondary N) is 2. The van der Waals surface area contributed by atoms with Gasteiger partial charge < -0.3 is 19.9 Å². The minimum Gasteiger partial charge on any atom is -0.493 e. The normalized spacial score (nSPS) is 11.5. The van der Waals surface area contributed by atoms with E-state index in [-0.39, 0.29) is 35.4 Å². The number of imidazole rings is 1. The third-order valence-corrected chi connectivity index (χ3v) is 7.33. The molecule has 1 aromatic heterocycles. The summed E-state index contributed by atoms with van der Waals surface area (Å²) in [6.07, 6.45) is 0.112. The molecule has 2 amide bonds. The summed E-state index contributed by atoms with van der Waals surface area (Å²) in [5, 5.41) is 5.93. The highest BCUT2D eigenvalue weighted by Crippen LogP contribution is 2.30. The summed E-state index contributed by atoms with van der Waals surface area (Å²) in [5.41, 5.74) is 2.29. The Morgan fingerprint density at radius 2 is 1.82 bits per heavy atom. The van der Waals surface area contributed by atoms with Crippen LogP contribution in [-0.2, 0) is 24.8 Å². The molecule has 7 nitrogen and oxygen atoms in total. The number of carbonyl (C=O) groups excluding carboxylic acids is 2. The zero-order valence-corrected chi connectivity index (χ0v) is 25.3. The number of fused-ring (bicyclic) bond motifs is 1. The lowest BCUT2D eigenvalue weighted by molar-refractivity contribution is -0.128. The van der Waals surface area contributed by atoms with Crippen LogP contribution in [0.4, 0.5) is 10.1 Å². The van der Waals surface area contributed by atoms with Crippen LogP contribution < -0.4 is 15.4 Å². The predicted molar refractivity (Wildman–Crippen MR) is 159 cm³/mol. The summed E-state index contributed by atoms with van der Waals surface area (Å²) in [5.74, 6) is -0.0271. The van der Waals surface area contributed by atoms with Crippen molar-refractivity contribution in [2.45, 2.75) is 40.7 Å². The third kappa shape index (κ3) is 6.47. The van der Waals surface area contributed by atoms with E-state index in [1.54, 1.807) is 57.2 Å². The number of hydrogen-bond donors (Lipinski definition) is 2. The zero-order valence-electron chi connectivity index (χ0n) is 23.0. The molecule has 40 heavy (non-hydrogen) atoms. The Hall–Kier alpha value is -3.43. The molecule has 0 aliphatic heterocycles. The number of aromatic nitrogens is 2. The first-order chi connectivity index (χ1) is 18.9. The van der Waals surface area contributed by atoms with Gasteiger partial charge in [0.2, 0.25) is 5.91 Å². The molecule has 0 bridgehead atoms. The third-order valence-electron chi connectivity index (χ3n) is 6.44. The van der Waals surface area contributed by atoms with Crippen LogP contribution in [-0.4, -0.2) is 28.0 Å². The summed E-state index contributed by atoms with van der Waals surface area (Å²) >= 11 is 9.81. The molecular weight excluding hydrogens is 599 g/mol. The SMILES string of the molecule is CCOc1cc2c(cc1C(=O)Nc1ccc(Br)cc1)nc(Cc1c(Cl)ccc(CNC(=O)C(C)(C)C)c1F)n2C. The van der Waals surface area contributed by atoms with Crippen LogP contribution in [0.3, 0.4) is 0 Å². The minimum atomic E-state index is -0.590. The first-order valence-electron chi connectivity index (χ1n) is 12.8. The fraction of sp³-hybridized carbons (Fsp3) is 0.300. The average molecular weight is 630 g/mol. The van der Waals surface area contributed by atoms with Crippen LogP contribution in [0.15, 0.2) is 53.0 Å². The highest BCUT2D eigenvalue weighted by Gasteiger charge is 2.23. The van der Waals surface area contributed by atoms with Crippen LogP contribution in [0.5, 0.6) is 5.75 Å². The van der Waals surface area contributed by atoms with Crippen LogP contribution in [0.2, 0.25) is 5.02 Å². The van der Waals surface area contributed by atoms with Crippen molar-refractivity contribution in [2.24, 2.45) is 12.5 Å². The molecule has 0 fully saturated rings. The molecular formula is C30H31BrClFN4O3. The quantitative estimate of drug-likeness (QED) is 0.219. The summed E-state index contributed by atoms with van der Waals surface area (Å²) in [6, 6.07) is 13.9. The monoisotopic (exact) mass is 628 g/mol.